The zero-order valence-electron chi connectivity index (χ0n) is 43.3. The van der Waals surface area contributed by atoms with Crippen LogP contribution in [-0.4, -0.2) is 68.5 Å². The number of nitrogens with one attached hydrogen (secondary N) is 1. The summed E-state index contributed by atoms with van der Waals surface area (Å²) in [5.74, 6) is -0.197. The van der Waals surface area contributed by atoms with Gasteiger partial charge in [-0.05, 0) is 44.9 Å². The second-order valence-electron chi connectivity index (χ2n) is 20.3. The van der Waals surface area contributed by atoms with Crippen molar-refractivity contribution in [1.29, 1.82) is 0 Å². The number of allylic oxidation sites excluding steroid dienone is 3. The van der Waals surface area contributed by atoms with Gasteiger partial charge in [0.2, 0.25) is 5.91 Å². The molecule has 0 aliphatic carbocycles. The van der Waals surface area contributed by atoms with Crippen LogP contribution in [0.2, 0.25) is 0 Å². The molecule has 8 nitrogen and oxygen atoms in total. The Kier molecular flexibility index (Phi) is 46.3. The highest BCUT2D eigenvalue weighted by Crippen LogP contribution is 2.38. The van der Waals surface area contributed by atoms with E-state index in [0.717, 1.165) is 38.5 Å². The van der Waals surface area contributed by atoms with E-state index in [2.05, 4.69) is 31.3 Å². The average molecular weight is 925 g/mol. The summed E-state index contributed by atoms with van der Waals surface area (Å²) in [6.45, 7) is 4.68. The fourth-order valence-corrected chi connectivity index (χ4v) is 8.99. The van der Waals surface area contributed by atoms with Gasteiger partial charge in [-0.25, -0.2) is 0 Å². The minimum Gasteiger partial charge on any atom is -0.756 e. The van der Waals surface area contributed by atoms with E-state index >= 15 is 0 Å². The molecule has 0 aromatic rings. The Bertz CT molecular complexity index is 1090. The second-order valence-corrected chi connectivity index (χ2v) is 21.7. The number of aliphatic hydroxyl groups is 1. The number of amides is 1. The van der Waals surface area contributed by atoms with Crippen LogP contribution in [0.5, 0.6) is 0 Å². The van der Waals surface area contributed by atoms with Gasteiger partial charge in [-0.2, -0.15) is 0 Å². The van der Waals surface area contributed by atoms with E-state index in [1.54, 1.807) is 6.08 Å². The highest BCUT2D eigenvalue weighted by molar-refractivity contribution is 7.45. The lowest BCUT2D eigenvalue weighted by Gasteiger charge is -2.29. The maximum absolute atomic E-state index is 12.9. The number of phosphoric ester groups is 1. The van der Waals surface area contributed by atoms with Crippen molar-refractivity contribution >= 4 is 13.7 Å². The van der Waals surface area contributed by atoms with Crippen molar-refractivity contribution < 1.29 is 32.9 Å². The van der Waals surface area contributed by atoms with Crippen LogP contribution < -0.4 is 10.2 Å². The quantitative estimate of drug-likeness (QED) is 0.0272. The summed E-state index contributed by atoms with van der Waals surface area (Å²) in [7, 11) is 1.27. The van der Waals surface area contributed by atoms with Gasteiger partial charge in [0.05, 0.1) is 39.9 Å². The molecule has 0 radical (unpaired) electrons. The standard InChI is InChI=1S/C55H109N2O6P/c1-6-8-10-12-14-16-18-20-22-24-26-27-28-29-30-31-33-35-37-39-41-43-45-47-49-55(59)56-53(52-63-64(60,61)62-51-50-57(3,4)5)54(58)48-46-44-42-40-38-36-34-32-25-23-21-19-17-15-13-11-9-7-2/h29-30,46,48,53-54,58H,6-28,31-45,47,49-52H2,1-5H3,(H-,56,59,60,61)/b30-29-,48-46+. The summed E-state index contributed by atoms with van der Waals surface area (Å²) in [4.78, 5) is 25.5. The number of carbonyl (C=O) groups is 1. The SMILES string of the molecule is CCCCCCCCCCCCCC/C=C\CCCCCCCCCCC(=O)NC(COP(=O)([O-])OCC[N+](C)(C)C)C(O)/C=C/CCCCCCCCCCCCCCCCCC. The minimum atomic E-state index is -4.59. The van der Waals surface area contributed by atoms with Crippen LogP contribution in [0.1, 0.15) is 271 Å². The van der Waals surface area contributed by atoms with E-state index in [1.165, 1.54) is 212 Å². The first-order valence-corrected chi connectivity index (χ1v) is 29.2. The van der Waals surface area contributed by atoms with Crippen LogP contribution in [0.3, 0.4) is 0 Å². The van der Waals surface area contributed by atoms with Crippen molar-refractivity contribution in [2.75, 3.05) is 40.9 Å². The monoisotopic (exact) mass is 925 g/mol. The zero-order valence-corrected chi connectivity index (χ0v) is 44.1. The van der Waals surface area contributed by atoms with Gasteiger partial charge in [-0.15, -0.1) is 0 Å². The molecule has 3 unspecified atom stereocenters. The molecule has 0 rings (SSSR count). The number of aliphatic hydroxyl groups excluding tert-OH is 1. The van der Waals surface area contributed by atoms with E-state index in [-0.39, 0.29) is 19.1 Å². The van der Waals surface area contributed by atoms with E-state index in [4.69, 9.17) is 9.05 Å². The Hall–Kier alpha value is -1.02. The lowest BCUT2D eigenvalue weighted by atomic mass is 10.0. The molecule has 0 aromatic heterocycles. The number of carbonyl (C=O) groups excluding carboxylic acids is 1. The molecule has 0 aromatic carbocycles. The number of unbranched alkanes of at least 4 members (excludes halogenated alkanes) is 36. The first kappa shape index (κ1) is 63.0. The molecule has 64 heavy (non-hydrogen) atoms. The van der Waals surface area contributed by atoms with Crippen molar-refractivity contribution in [1.82, 2.24) is 5.32 Å². The van der Waals surface area contributed by atoms with Gasteiger partial charge >= 0.3 is 0 Å². The molecule has 0 spiro atoms. The summed E-state index contributed by atoms with van der Waals surface area (Å²) in [6, 6.07) is -0.886. The third kappa shape index (κ3) is 48.9. The molecule has 380 valence electrons. The predicted molar refractivity (Wildman–Crippen MR) is 275 cm³/mol. The summed E-state index contributed by atoms with van der Waals surface area (Å²) >= 11 is 0. The lowest BCUT2D eigenvalue weighted by Crippen LogP contribution is -2.45. The number of hydrogen-bond acceptors (Lipinski definition) is 6. The van der Waals surface area contributed by atoms with E-state index in [1.807, 2.05) is 27.2 Å². The predicted octanol–water partition coefficient (Wildman–Crippen LogP) is 15.8. The fourth-order valence-electron chi connectivity index (χ4n) is 8.27. The van der Waals surface area contributed by atoms with Crippen molar-refractivity contribution in [2.24, 2.45) is 0 Å². The van der Waals surface area contributed by atoms with E-state index in [9.17, 15) is 19.4 Å². The van der Waals surface area contributed by atoms with Crippen molar-refractivity contribution in [3.63, 3.8) is 0 Å². The van der Waals surface area contributed by atoms with E-state index < -0.39 is 20.0 Å². The van der Waals surface area contributed by atoms with Crippen molar-refractivity contribution in [3.8, 4) is 0 Å². The number of likely N-dealkylation sites (N-methyl/N-ethyl adjacent to an activating group) is 1. The molecule has 2 N–H and O–H groups in total. The van der Waals surface area contributed by atoms with E-state index in [0.29, 0.717) is 17.4 Å². The van der Waals surface area contributed by atoms with Crippen LogP contribution >= 0.6 is 7.82 Å². The van der Waals surface area contributed by atoms with Crippen LogP contribution in [0.15, 0.2) is 24.3 Å². The summed E-state index contributed by atoms with van der Waals surface area (Å²) in [5.41, 5.74) is 0. The third-order valence-electron chi connectivity index (χ3n) is 12.7. The van der Waals surface area contributed by atoms with Crippen LogP contribution in [0.25, 0.3) is 0 Å². The number of hydrogen-bond donors (Lipinski definition) is 2. The van der Waals surface area contributed by atoms with Gasteiger partial charge in [-0.3, -0.25) is 9.36 Å². The van der Waals surface area contributed by atoms with Gasteiger partial charge in [0, 0.05) is 6.42 Å². The second kappa shape index (κ2) is 47.1. The van der Waals surface area contributed by atoms with Gasteiger partial charge in [-0.1, -0.05) is 244 Å². The maximum atomic E-state index is 12.9. The molecule has 0 saturated carbocycles. The molecule has 0 fully saturated rings. The number of rotatable bonds is 51. The van der Waals surface area contributed by atoms with Crippen LogP contribution in [0, 0.1) is 0 Å². The van der Waals surface area contributed by atoms with Crippen molar-refractivity contribution in [2.45, 2.75) is 283 Å². The largest absolute Gasteiger partial charge is 0.756 e. The molecule has 3 atom stereocenters. The Labute approximate surface area is 398 Å². The lowest BCUT2D eigenvalue weighted by molar-refractivity contribution is -0.870. The first-order chi connectivity index (χ1) is 31.0. The normalized spacial score (nSPS) is 14.2. The van der Waals surface area contributed by atoms with Gasteiger partial charge < -0.3 is 28.8 Å². The molecule has 0 aliphatic rings. The molecule has 0 aliphatic heterocycles. The molecular formula is C55H109N2O6P. The molecule has 0 saturated heterocycles. The number of nitrogens with zero attached hydrogens (tertiary/aromatic N) is 1. The number of phosphoric acid groups is 1. The molecule has 0 heterocycles. The summed E-state index contributed by atoms with van der Waals surface area (Å²) in [6.07, 6.45) is 58.1. The highest BCUT2D eigenvalue weighted by Gasteiger charge is 2.23. The number of quaternary nitrogens is 1. The fraction of sp³-hybridized carbons (Fsp3) is 0.909. The van der Waals surface area contributed by atoms with Crippen LogP contribution in [-0.2, 0) is 18.4 Å². The average Bonchev–Trinajstić information content (AvgIpc) is 3.25. The summed E-state index contributed by atoms with van der Waals surface area (Å²) < 4.78 is 23.3. The van der Waals surface area contributed by atoms with Gasteiger partial charge in [0.1, 0.15) is 13.2 Å². The molecule has 0 bridgehead atoms. The maximum Gasteiger partial charge on any atom is 0.268 e. The van der Waals surface area contributed by atoms with Crippen LogP contribution in [0.4, 0.5) is 0 Å². The minimum absolute atomic E-state index is 0.0000234. The Morgan fingerprint density at radius 2 is 0.859 bits per heavy atom. The molecule has 9 heteroatoms. The molecule has 1 amide bonds. The smallest absolute Gasteiger partial charge is 0.268 e. The first-order valence-electron chi connectivity index (χ1n) is 27.7. The van der Waals surface area contributed by atoms with Crippen molar-refractivity contribution in [3.05, 3.63) is 24.3 Å². The van der Waals surface area contributed by atoms with Gasteiger partial charge in [0.15, 0.2) is 0 Å². The third-order valence-corrected chi connectivity index (χ3v) is 13.6. The Morgan fingerprint density at radius 1 is 0.531 bits per heavy atom. The highest BCUT2D eigenvalue weighted by atomic mass is 31.2. The Morgan fingerprint density at radius 3 is 1.22 bits per heavy atom. The summed E-state index contributed by atoms with van der Waals surface area (Å²) in [5, 5.41) is 13.9. The van der Waals surface area contributed by atoms with Gasteiger partial charge in [0.25, 0.3) is 7.82 Å². The Balaban J connectivity index is 4.22. The zero-order chi connectivity index (χ0) is 47.1. The molecular weight excluding hydrogens is 816 g/mol. The topological polar surface area (TPSA) is 108 Å².